The van der Waals surface area contributed by atoms with E-state index in [9.17, 15) is 16.8 Å². The number of sulfonamides is 2. The van der Waals surface area contributed by atoms with Crippen LogP contribution in [0.4, 0.5) is 5.69 Å². The summed E-state index contributed by atoms with van der Waals surface area (Å²) < 4.78 is 53.5. The van der Waals surface area contributed by atoms with Crippen molar-refractivity contribution in [2.75, 3.05) is 57.3 Å². The highest BCUT2D eigenvalue weighted by atomic mass is 32.2. The number of primary sulfonamides is 1. The lowest BCUT2D eigenvalue weighted by Crippen LogP contribution is -2.47. The van der Waals surface area contributed by atoms with Crippen LogP contribution in [0.3, 0.4) is 0 Å². The second-order valence-electron chi connectivity index (χ2n) is 7.17. The smallest absolute Gasteiger partial charge is 0.241 e. The molecule has 0 unspecified atom stereocenters. The number of aliphatic hydroxyl groups excluding tert-OH is 1. The number of H-pyrrole nitrogens is 1. The molecular weight excluding hydrogens is 462 g/mol. The minimum atomic E-state index is -4.51. The number of anilines is 1. The molecule has 14 nitrogen and oxygen atoms in total. The first-order chi connectivity index (χ1) is 15.2. The third-order valence-corrected chi connectivity index (χ3v) is 7.68. The fraction of sp³-hybridized carbons (Fsp3) is 0.562. The minimum Gasteiger partial charge on any atom is -0.395 e. The Morgan fingerprint density at radius 3 is 2.44 bits per heavy atom. The molecule has 0 atom stereocenters. The lowest BCUT2D eigenvalue weighted by Gasteiger charge is -2.37. The number of nitrogens with zero attached hydrogens (tertiary/aromatic N) is 5. The molecule has 0 radical (unpaired) electrons. The number of β-amino-alcohol motifs (C(OH)–C–C–N with tert-alkyl or cyclic N) is 1. The average molecular weight is 490 g/mol. The maximum absolute atomic E-state index is 12.9. The van der Waals surface area contributed by atoms with Crippen LogP contribution < -0.4 is 20.5 Å². The molecule has 1 saturated heterocycles. The molecule has 0 spiro atoms. The van der Waals surface area contributed by atoms with Crippen LogP contribution in [0, 0.1) is 0 Å². The number of tetrazole rings is 1. The van der Waals surface area contributed by atoms with E-state index in [1.807, 2.05) is 4.90 Å². The van der Waals surface area contributed by atoms with E-state index in [0.717, 1.165) is 0 Å². The SMILES string of the molecule is NCCCNS(=O)(=O)c1ccc(N2CCN(CCO)CC2)c(-c2nnn[nH]2)c1S(N)(=O)=O. The van der Waals surface area contributed by atoms with E-state index < -0.39 is 29.8 Å². The maximum atomic E-state index is 12.9. The third-order valence-electron chi connectivity index (χ3n) is 5.06. The first kappa shape index (κ1) is 24.4. The van der Waals surface area contributed by atoms with E-state index in [0.29, 0.717) is 44.8 Å². The van der Waals surface area contributed by atoms with Crippen molar-refractivity contribution in [1.29, 1.82) is 0 Å². The van der Waals surface area contributed by atoms with Crippen LogP contribution >= 0.6 is 0 Å². The summed E-state index contributed by atoms with van der Waals surface area (Å²) in [6.07, 6.45) is 0.374. The quantitative estimate of drug-likeness (QED) is 0.216. The van der Waals surface area contributed by atoms with Crippen LogP contribution in [-0.2, 0) is 20.0 Å². The lowest BCUT2D eigenvalue weighted by atomic mass is 10.1. The van der Waals surface area contributed by atoms with Gasteiger partial charge in [0.2, 0.25) is 20.0 Å². The van der Waals surface area contributed by atoms with E-state index in [4.69, 9.17) is 16.0 Å². The highest BCUT2D eigenvalue weighted by Gasteiger charge is 2.33. The number of aromatic nitrogens is 4. The number of piperazine rings is 1. The van der Waals surface area contributed by atoms with Crippen LogP contribution in [0.15, 0.2) is 21.9 Å². The number of rotatable bonds is 10. The Kier molecular flexibility index (Phi) is 7.75. The van der Waals surface area contributed by atoms with Crippen molar-refractivity contribution in [2.24, 2.45) is 10.9 Å². The number of benzene rings is 1. The molecule has 32 heavy (non-hydrogen) atoms. The van der Waals surface area contributed by atoms with Crippen molar-refractivity contribution < 1.29 is 21.9 Å². The van der Waals surface area contributed by atoms with Gasteiger partial charge in [-0.3, -0.25) is 4.90 Å². The molecule has 2 aromatic rings. The first-order valence-electron chi connectivity index (χ1n) is 9.91. The van der Waals surface area contributed by atoms with Gasteiger partial charge in [-0.25, -0.2) is 31.8 Å². The molecule has 3 rings (SSSR count). The van der Waals surface area contributed by atoms with Crippen molar-refractivity contribution in [3.8, 4) is 11.4 Å². The summed E-state index contributed by atoms with van der Waals surface area (Å²) in [6, 6.07) is 2.74. The van der Waals surface area contributed by atoms with Gasteiger partial charge in [0.15, 0.2) is 5.82 Å². The Morgan fingerprint density at radius 2 is 1.88 bits per heavy atom. The summed E-state index contributed by atoms with van der Waals surface area (Å²) in [4.78, 5) is 2.88. The third kappa shape index (κ3) is 5.40. The summed E-state index contributed by atoms with van der Waals surface area (Å²) >= 11 is 0. The Hall–Kier alpha value is -2.21. The molecule has 0 amide bonds. The Balaban J connectivity index is 2.14. The lowest BCUT2D eigenvalue weighted by molar-refractivity contribution is 0.189. The molecule has 178 valence electrons. The normalized spacial score (nSPS) is 15.9. The highest BCUT2D eigenvalue weighted by Crippen LogP contribution is 2.38. The number of hydrogen-bond donors (Lipinski definition) is 5. The van der Waals surface area contributed by atoms with Crippen molar-refractivity contribution in [1.82, 2.24) is 30.2 Å². The molecule has 0 bridgehead atoms. The molecule has 1 aromatic carbocycles. The Bertz CT molecular complexity index is 1120. The zero-order valence-corrected chi connectivity index (χ0v) is 18.9. The van der Waals surface area contributed by atoms with Gasteiger partial charge < -0.3 is 15.7 Å². The molecule has 16 heteroatoms. The molecule has 0 aliphatic carbocycles. The van der Waals surface area contributed by atoms with E-state index >= 15 is 0 Å². The summed E-state index contributed by atoms with van der Waals surface area (Å²) in [6.45, 7) is 3.14. The molecule has 7 N–H and O–H groups in total. The fourth-order valence-electron chi connectivity index (χ4n) is 3.54. The maximum Gasteiger partial charge on any atom is 0.241 e. The van der Waals surface area contributed by atoms with Crippen LogP contribution in [-0.4, -0.2) is 99.9 Å². The van der Waals surface area contributed by atoms with Crippen molar-refractivity contribution in [3.63, 3.8) is 0 Å². The number of aromatic amines is 1. The number of nitrogens with two attached hydrogens (primary N) is 2. The van der Waals surface area contributed by atoms with Crippen molar-refractivity contribution in [3.05, 3.63) is 12.1 Å². The predicted octanol–water partition coefficient (Wildman–Crippen LogP) is -2.74. The first-order valence-corrected chi connectivity index (χ1v) is 12.9. The van der Waals surface area contributed by atoms with Gasteiger partial charge in [-0.1, -0.05) is 0 Å². The molecule has 1 aromatic heterocycles. The summed E-state index contributed by atoms with van der Waals surface area (Å²) in [7, 11) is -8.74. The summed E-state index contributed by atoms with van der Waals surface area (Å²) in [5, 5.41) is 28.0. The molecule has 1 aliphatic heterocycles. The van der Waals surface area contributed by atoms with Gasteiger partial charge in [0, 0.05) is 45.0 Å². The zero-order valence-electron chi connectivity index (χ0n) is 17.3. The van der Waals surface area contributed by atoms with Gasteiger partial charge in [-0.05, 0) is 35.5 Å². The van der Waals surface area contributed by atoms with Gasteiger partial charge in [-0.2, -0.15) is 0 Å². The second kappa shape index (κ2) is 10.2. The molecule has 0 saturated carbocycles. The largest absolute Gasteiger partial charge is 0.395 e. The molecular formula is C16H27N9O5S2. The average Bonchev–Trinajstić information content (AvgIpc) is 3.27. The zero-order chi connectivity index (χ0) is 23.4. The van der Waals surface area contributed by atoms with E-state index in [1.165, 1.54) is 12.1 Å². The Morgan fingerprint density at radius 1 is 1.16 bits per heavy atom. The van der Waals surface area contributed by atoms with Crippen LogP contribution in [0.2, 0.25) is 0 Å². The second-order valence-corrected chi connectivity index (χ2v) is 10.4. The number of nitrogens with one attached hydrogen (secondary N) is 2. The Labute approximate surface area is 186 Å². The summed E-state index contributed by atoms with van der Waals surface area (Å²) in [5.41, 5.74) is 5.82. The van der Waals surface area contributed by atoms with Gasteiger partial charge >= 0.3 is 0 Å². The van der Waals surface area contributed by atoms with E-state index in [-0.39, 0.29) is 31.1 Å². The minimum absolute atomic E-state index is 0.0187. The van der Waals surface area contributed by atoms with Gasteiger partial charge in [0.25, 0.3) is 0 Å². The summed E-state index contributed by atoms with van der Waals surface area (Å²) in [5.74, 6) is -0.0270. The fourth-order valence-corrected chi connectivity index (χ4v) is 6.22. The van der Waals surface area contributed by atoms with E-state index in [2.05, 4.69) is 30.2 Å². The molecule has 1 fully saturated rings. The van der Waals surface area contributed by atoms with Crippen LogP contribution in [0.5, 0.6) is 0 Å². The van der Waals surface area contributed by atoms with E-state index in [1.54, 1.807) is 0 Å². The predicted molar refractivity (Wildman–Crippen MR) is 116 cm³/mol. The number of hydrogen-bond acceptors (Lipinski definition) is 11. The van der Waals surface area contributed by atoms with Crippen LogP contribution in [0.25, 0.3) is 11.4 Å². The van der Waals surface area contributed by atoms with Gasteiger partial charge in [0.05, 0.1) is 12.2 Å². The monoisotopic (exact) mass is 489 g/mol. The topological polar surface area (TPSA) is 214 Å². The number of aliphatic hydroxyl groups is 1. The van der Waals surface area contributed by atoms with Crippen LogP contribution in [0.1, 0.15) is 6.42 Å². The van der Waals surface area contributed by atoms with Gasteiger partial charge in [-0.15, -0.1) is 5.10 Å². The molecule has 2 heterocycles. The highest BCUT2D eigenvalue weighted by molar-refractivity contribution is 7.92. The standard InChI is InChI=1S/C16H27N9O5S2/c17-4-1-5-19-32(29,30)13-3-2-12(25-8-6-24(7-9-25)10-11-26)14(15(13)31(18,27)28)16-20-22-23-21-16/h2-3,19,26H,1,4-11,17H2,(H2,18,27,28)(H,20,21,22,23). The van der Waals surface area contributed by atoms with Crippen molar-refractivity contribution in [2.45, 2.75) is 16.2 Å². The molecule has 1 aliphatic rings. The van der Waals surface area contributed by atoms with Crippen molar-refractivity contribution >= 4 is 25.7 Å². The van der Waals surface area contributed by atoms with Gasteiger partial charge in [0.1, 0.15) is 9.79 Å².